The van der Waals surface area contributed by atoms with Gasteiger partial charge < -0.3 is 9.80 Å². The lowest BCUT2D eigenvalue weighted by Gasteiger charge is -2.35. The molecular weight excluding hydrogens is 320 g/mol. The molecule has 1 fully saturated rings. The van der Waals surface area contributed by atoms with E-state index in [1.165, 1.54) is 0 Å². The summed E-state index contributed by atoms with van der Waals surface area (Å²) >= 11 is 7.65. The van der Waals surface area contributed by atoms with Gasteiger partial charge in [-0.05, 0) is 24.0 Å². The van der Waals surface area contributed by atoms with E-state index in [0.29, 0.717) is 43.2 Å². The Kier molecular flexibility index (Phi) is 6.15. The van der Waals surface area contributed by atoms with Crippen LogP contribution in [0.3, 0.4) is 0 Å². The summed E-state index contributed by atoms with van der Waals surface area (Å²) in [6.45, 7) is 6.31. The van der Waals surface area contributed by atoms with E-state index in [-0.39, 0.29) is 11.8 Å². The fraction of sp³-hybridized carbons (Fsp3) is 0.500. The van der Waals surface area contributed by atoms with Crippen LogP contribution >= 0.6 is 23.4 Å². The Morgan fingerprint density at radius 3 is 2.36 bits per heavy atom. The third kappa shape index (κ3) is 3.96. The van der Waals surface area contributed by atoms with E-state index in [9.17, 15) is 9.59 Å². The molecule has 1 aromatic rings. The molecule has 1 heterocycles. The Labute approximate surface area is 140 Å². The van der Waals surface area contributed by atoms with Crippen LogP contribution in [0.5, 0.6) is 0 Å². The monoisotopic (exact) mass is 340 g/mol. The highest BCUT2D eigenvalue weighted by Gasteiger charge is 2.25. The largest absolute Gasteiger partial charge is 0.339 e. The number of nitrogens with zero attached hydrogens (tertiary/aromatic N) is 2. The van der Waals surface area contributed by atoms with E-state index in [1.807, 2.05) is 22.8 Å². The first-order chi connectivity index (χ1) is 10.6. The van der Waals surface area contributed by atoms with E-state index in [2.05, 4.69) is 6.92 Å². The average Bonchev–Trinajstić information content (AvgIpc) is 2.54. The minimum absolute atomic E-state index is 0.0243. The lowest BCUT2D eigenvalue weighted by Crippen LogP contribution is -2.50. The molecule has 0 spiro atoms. The molecule has 0 radical (unpaired) electrons. The molecule has 0 atom stereocenters. The number of carbonyl (C=O) groups excluding carboxylic acids is 2. The maximum atomic E-state index is 12.7. The minimum atomic E-state index is 0.0243. The number of rotatable bonds is 4. The fourth-order valence-electron chi connectivity index (χ4n) is 2.50. The van der Waals surface area contributed by atoms with Crippen LogP contribution in [-0.2, 0) is 4.79 Å². The molecule has 4 nitrogen and oxygen atoms in total. The van der Waals surface area contributed by atoms with Gasteiger partial charge in [-0.3, -0.25) is 9.59 Å². The smallest absolute Gasteiger partial charge is 0.255 e. The summed E-state index contributed by atoms with van der Waals surface area (Å²) in [6, 6.07) is 5.40. The Hall–Kier alpha value is -1.20. The molecule has 0 bridgehead atoms. The summed E-state index contributed by atoms with van der Waals surface area (Å²) < 4.78 is 0. The number of hydrogen-bond donors (Lipinski definition) is 0. The zero-order chi connectivity index (χ0) is 16.1. The SMILES string of the molecule is CCSc1cc(Cl)ccc1C(=O)N1CCN(C(=O)CC)CC1. The Balaban J connectivity index is 2.08. The standard InChI is InChI=1S/C16H21ClN2O2S/c1-3-15(20)18-7-9-19(10-8-18)16(21)13-6-5-12(17)11-14(13)22-4-2/h5-6,11H,3-4,7-10H2,1-2H3. The highest BCUT2D eigenvalue weighted by atomic mass is 35.5. The van der Waals surface area contributed by atoms with Gasteiger partial charge in [0.15, 0.2) is 0 Å². The number of benzene rings is 1. The second kappa shape index (κ2) is 7.88. The molecule has 22 heavy (non-hydrogen) atoms. The minimum Gasteiger partial charge on any atom is -0.339 e. The number of halogens is 1. The lowest BCUT2D eigenvalue weighted by atomic mass is 10.1. The number of thioether (sulfide) groups is 1. The fourth-order valence-corrected chi connectivity index (χ4v) is 3.57. The second-order valence-corrected chi connectivity index (χ2v) is 6.84. The highest BCUT2D eigenvalue weighted by Crippen LogP contribution is 2.27. The van der Waals surface area contributed by atoms with E-state index in [4.69, 9.17) is 11.6 Å². The molecule has 0 unspecified atom stereocenters. The first-order valence-corrected chi connectivity index (χ1v) is 8.92. The van der Waals surface area contributed by atoms with Gasteiger partial charge in [-0.1, -0.05) is 25.4 Å². The molecule has 2 rings (SSSR count). The van der Waals surface area contributed by atoms with Crippen LogP contribution in [0.15, 0.2) is 23.1 Å². The third-order valence-corrected chi connectivity index (χ3v) is 4.87. The first-order valence-electron chi connectivity index (χ1n) is 7.56. The third-order valence-electron chi connectivity index (χ3n) is 3.70. The molecule has 0 N–H and O–H groups in total. The van der Waals surface area contributed by atoms with E-state index < -0.39 is 0 Å². The summed E-state index contributed by atoms with van der Waals surface area (Å²) in [5, 5.41) is 0.644. The molecular formula is C16H21ClN2O2S. The number of piperazine rings is 1. The summed E-state index contributed by atoms with van der Waals surface area (Å²) in [5.74, 6) is 1.07. The Bertz CT molecular complexity index is 557. The van der Waals surface area contributed by atoms with E-state index in [0.717, 1.165) is 10.6 Å². The van der Waals surface area contributed by atoms with Crippen LogP contribution < -0.4 is 0 Å². The lowest BCUT2D eigenvalue weighted by molar-refractivity contribution is -0.132. The van der Waals surface area contributed by atoms with Crippen molar-refractivity contribution in [2.75, 3.05) is 31.9 Å². The maximum absolute atomic E-state index is 12.7. The molecule has 1 aromatic carbocycles. The van der Waals surface area contributed by atoms with Crippen molar-refractivity contribution in [2.45, 2.75) is 25.2 Å². The van der Waals surface area contributed by atoms with Crippen LogP contribution in [0.4, 0.5) is 0 Å². The van der Waals surface area contributed by atoms with Gasteiger partial charge in [-0.25, -0.2) is 0 Å². The summed E-state index contributed by atoms with van der Waals surface area (Å²) in [5.41, 5.74) is 0.700. The quantitative estimate of drug-likeness (QED) is 0.790. The molecule has 6 heteroatoms. The Morgan fingerprint density at radius 1 is 1.14 bits per heavy atom. The zero-order valence-corrected chi connectivity index (χ0v) is 14.5. The normalized spacial score (nSPS) is 15.0. The van der Waals surface area contributed by atoms with Gasteiger partial charge in [0, 0.05) is 42.5 Å². The van der Waals surface area contributed by atoms with Gasteiger partial charge in [-0.15, -0.1) is 11.8 Å². The molecule has 120 valence electrons. The molecule has 1 aliphatic rings. The second-order valence-electron chi connectivity index (χ2n) is 5.10. The van der Waals surface area contributed by atoms with Crippen LogP contribution in [0.25, 0.3) is 0 Å². The van der Waals surface area contributed by atoms with Crippen molar-refractivity contribution in [1.29, 1.82) is 0 Å². The van der Waals surface area contributed by atoms with Crippen LogP contribution in [-0.4, -0.2) is 53.5 Å². The number of carbonyl (C=O) groups is 2. The van der Waals surface area contributed by atoms with E-state index >= 15 is 0 Å². The molecule has 0 aliphatic carbocycles. The number of amides is 2. The molecule has 2 amide bonds. The topological polar surface area (TPSA) is 40.6 Å². The first kappa shape index (κ1) is 17.2. The van der Waals surface area contributed by atoms with Gasteiger partial charge in [0.05, 0.1) is 5.56 Å². The van der Waals surface area contributed by atoms with Crippen molar-refractivity contribution < 1.29 is 9.59 Å². The zero-order valence-electron chi connectivity index (χ0n) is 13.0. The van der Waals surface area contributed by atoms with Crippen LogP contribution in [0.1, 0.15) is 30.6 Å². The summed E-state index contributed by atoms with van der Waals surface area (Å²) in [6.07, 6.45) is 0.516. The van der Waals surface area contributed by atoms with Crippen LogP contribution in [0.2, 0.25) is 5.02 Å². The van der Waals surface area contributed by atoms with Gasteiger partial charge in [0.2, 0.25) is 5.91 Å². The van der Waals surface area contributed by atoms with Crippen molar-refractivity contribution in [2.24, 2.45) is 0 Å². The average molecular weight is 341 g/mol. The Morgan fingerprint density at radius 2 is 1.77 bits per heavy atom. The van der Waals surface area contributed by atoms with Gasteiger partial charge in [0.25, 0.3) is 5.91 Å². The van der Waals surface area contributed by atoms with Gasteiger partial charge in [-0.2, -0.15) is 0 Å². The molecule has 1 saturated heterocycles. The van der Waals surface area contributed by atoms with E-state index in [1.54, 1.807) is 23.9 Å². The van der Waals surface area contributed by atoms with Crippen molar-refractivity contribution in [3.63, 3.8) is 0 Å². The molecule has 0 aromatic heterocycles. The maximum Gasteiger partial charge on any atom is 0.255 e. The predicted molar refractivity (Wildman–Crippen MR) is 90.6 cm³/mol. The molecule has 0 saturated carbocycles. The summed E-state index contributed by atoms with van der Waals surface area (Å²) in [7, 11) is 0. The predicted octanol–water partition coefficient (Wildman–Crippen LogP) is 3.15. The number of hydrogen-bond acceptors (Lipinski definition) is 3. The van der Waals surface area contributed by atoms with Crippen LogP contribution in [0, 0.1) is 0 Å². The van der Waals surface area contributed by atoms with Crippen molar-refractivity contribution >= 4 is 35.2 Å². The van der Waals surface area contributed by atoms with Gasteiger partial charge in [0.1, 0.15) is 0 Å². The van der Waals surface area contributed by atoms with Crippen molar-refractivity contribution in [3.8, 4) is 0 Å². The summed E-state index contributed by atoms with van der Waals surface area (Å²) in [4.78, 5) is 29.0. The van der Waals surface area contributed by atoms with Crippen molar-refractivity contribution in [1.82, 2.24) is 9.80 Å². The highest BCUT2D eigenvalue weighted by molar-refractivity contribution is 7.99. The molecule has 1 aliphatic heterocycles. The van der Waals surface area contributed by atoms with Gasteiger partial charge >= 0.3 is 0 Å². The van der Waals surface area contributed by atoms with Crippen molar-refractivity contribution in [3.05, 3.63) is 28.8 Å².